The lowest BCUT2D eigenvalue weighted by molar-refractivity contribution is -0.120. The molecule has 0 saturated carbocycles. The van der Waals surface area contributed by atoms with E-state index in [1.54, 1.807) is 30.7 Å². The normalized spacial score (nSPS) is 16.7. The zero-order valence-corrected chi connectivity index (χ0v) is 13.6. The fourth-order valence-corrected chi connectivity index (χ4v) is 3.13. The molecular formula is C17H19N5O3. The maximum atomic E-state index is 12.6. The van der Waals surface area contributed by atoms with E-state index in [-0.39, 0.29) is 18.6 Å². The van der Waals surface area contributed by atoms with Crippen molar-refractivity contribution in [2.75, 3.05) is 35.8 Å². The molecule has 1 amide bonds. The number of anilines is 3. The Morgan fingerprint density at radius 1 is 1.20 bits per heavy atom. The van der Waals surface area contributed by atoms with Crippen LogP contribution < -0.4 is 25.4 Å². The van der Waals surface area contributed by atoms with Crippen LogP contribution in [0, 0.1) is 5.92 Å². The van der Waals surface area contributed by atoms with E-state index in [2.05, 4.69) is 20.2 Å². The van der Waals surface area contributed by atoms with Crippen molar-refractivity contribution in [3.63, 3.8) is 0 Å². The Morgan fingerprint density at radius 3 is 2.68 bits per heavy atom. The molecule has 0 unspecified atom stereocenters. The number of hydrogen-bond acceptors (Lipinski definition) is 7. The predicted octanol–water partition coefficient (Wildman–Crippen LogP) is 1.64. The minimum Gasteiger partial charge on any atom is -0.454 e. The smallest absolute Gasteiger partial charge is 0.231 e. The van der Waals surface area contributed by atoms with E-state index >= 15 is 0 Å². The van der Waals surface area contributed by atoms with E-state index in [9.17, 15) is 4.79 Å². The number of hydrogen-bond donors (Lipinski definition) is 2. The highest BCUT2D eigenvalue weighted by Gasteiger charge is 2.26. The standard InChI is InChI=1S/C17H19N5O3/c18-12-7-14-15(25-10-24-14)8-13(12)21-17(23)11-1-5-22(6-2-11)16-9-19-3-4-20-16/h3-4,7-9,11H,1-2,5-6,10,18H2,(H,21,23). The molecule has 25 heavy (non-hydrogen) atoms. The van der Waals surface area contributed by atoms with Crippen molar-refractivity contribution in [3.8, 4) is 11.5 Å². The second-order valence-electron chi connectivity index (χ2n) is 6.11. The van der Waals surface area contributed by atoms with Gasteiger partial charge in [0.2, 0.25) is 12.7 Å². The van der Waals surface area contributed by atoms with Crippen LogP contribution in [0.3, 0.4) is 0 Å². The number of nitrogens with zero attached hydrogens (tertiary/aromatic N) is 3. The predicted molar refractivity (Wildman–Crippen MR) is 92.6 cm³/mol. The summed E-state index contributed by atoms with van der Waals surface area (Å²) in [5, 5.41) is 2.92. The Labute approximate surface area is 145 Å². The zero-order valence-electron chi connectivity index (χ0n) is 13.6. The maximum absolute atomic E-state index is 12.6. The molecule has 130 valence electrons. The highest BCUT2D eigenvalue weighted by molar-refractivity contribution is 5.96. The van der Waals surface area contributed by atoms with Gasteiger partial charge in [0.1, 0.15) is 5.82 Å². The number of ether oxygens (including phenoxy) is 2. The van der Waals surface area contributed by atoms with E-state index in [0.29, 0.717) is 22.9 Å². The van der Waals surface area contributed by atoms with Gasteiger partial charge in [0.25, 0.3) is 0 Å². The molecule has 8 heteroatoms. The Morgan fingerprint density at radius 2 is 1.96 bits per heavy atom. The van der Waals surface area contributed by atoms with Crippen molar-refractivity contribution < 1.29 is 14.3 Å². The summed E-state index contributed by atoms with van der Waals surface area (Å²) in [5.41, 5.74) is 7.02. The van der Waals surface area contributed by atoms with Crippen molar-refractivity contribution in [2.24, 2.45) is 5.92 Å². The third-order valence-corrected chi connectivity index (χ3v) is 4.54. The van der Waals surface area contributed by atoms with Gasteiger partial charge in [0.15, 0.2) is 11.5 Å². The first-order valence-corrected chi connectivity index (χ1v) is 8.21. The molecular weight excluding hydrogens is 322 g/mol. The van der Waals surface area contributed by atoms with Crippen LogP contribution in [-0.2, 0) is 4.79 Å². The van der Waals surface area contributed by atoms with Crippen molar-refractivity contribution in [3.05, 3.63) is 30.7 Å². The summed E-state index contributed by atoms with van der Waals surface area (Å²) in [6.07, 6.45) is 6.59. The summed E-state index contributed by atoms with van der Waals surface area (Å²) in [6, 6.07) is 3.39. The van der Waals surface area contributed by atoms with Gasteiger partial charge in [-0.25, -0.2) is 4.98 Å². The number of rotatable bonds is 3. The van der Waals surface area contributed by atoms with Crippen molar-refractivity contribution in [1.29, 1.82) is 0 Å². The number of carbonyl (C=O) groups is 1. The Kier molecular flexibility index (Phi) is 4.01. The van der Waals surface area contributed by atoms with Crippen LogP contribution in [0.2, 0.25) is 0 Å². The highest BCUT2D eigenvalue weighted by Crippen LogP contribution is 2.38. The molecule has 0 spiro atoms. The van der Waals surface area contributed by atoms with Gasteiger partial charge in [-0.1, -0.05) is 0 Å². The lowest BCUT2D eigenvalue weighted by Crippen LogP contribution is -2.38. The number of amides is 1. The van der Waals surface area contributed by atoms with E-state index in [1.165, 1.54) is 0 Å². The number of piperidine rings is 1. The summed E-state index contributed by atoms with van der Waals surface area (Å²) < 4.78 is 10.6. The quantitative estimate of drug-likeness (QED) is 0.818. The van der Waals surface area contributed by atoms with Crippen LogP contribution in [0.5, 0.6) is 11.5 Å². The molecule has 4 rings (SSSR count). The summed E-state index contributed by atoms with van der Waals surface area (Å²) in [4.78, 5) is 23.1. The molecule has 1 saturated heterocycles. The third kappa shape index (κ3) is 3.15. The van der Waals surface area contributed by atoms with Gasteiger partial charge in [0, 0.05) is 43.5 Å². The largest absolute Gasteiger partial charge is 0.454 e. The molecule has 3 heterocycles. The monoisotopic (exact) mass is 341 g/mol. The minimum atomic E-state index is -0.0576. The van der Waals surface area contributed by atoms with Crippen LogP contribution in [-0.4, -0.2) is 35.8 Å². The van der Waals surface area contributed by atoms with Crippen LogP contribution in [0.1, 0.15) is 12.8 Å². The molecule has 0 radical (unpaired) electrons. The Bertz CT molecular complexity index is 775. The van der Waals surface area contributed by atoms with E-state index in [0.717, 1.165) is 31.7 Å². The molecule has 3 N–H and O–H groups in total. The van der Waals surface area contributed by atoms with E-state index in [4.69, 9.17) is 15.2 Å². The SMILES string of the molecule is Nc1cc2c(cc1NC(=O)C1CCN(c3cnccn3)CC1)OCO2. The zero-order chi connectivity index (χ0) is 17.2. The first kappa shape index (κ1) is 15.5. The van der Waals surface area contributed by atoms with Crippen molar-refractivity contribution in [1.82, 2.24) is 9.97 Å². The molecule has 2 aliphatic heterocycles. The number of nitrogen functional groups attached to an aromatic ring is 1. The molecule has 8 nitrogen and oxygen atoms in total. The van der Waals surface area contributed by atoms with E-state index < -0.39 is 0 Å². The first-order chi connectivity index (χ1) is 12.2. The number of fused-ring (bicyclic) bond motifs is 1. The van der Waals surface area contributed by atoms with Gasteiger partial charge in [-0.15, -0.1) is 0 Å². The van der Waals surface area contributed by atoms with Gasteiger partial charge >= 0.3 is 0 Å². The fourth-order valence-electron chi connectivity index (χ4n) is 3.13. The van der Waals surface area contributed by atoms with Gasteiger partial charge in [-0.2, -0.15) is 0 Å². The number of nitrogens with two attached hydrogens (primary N) is 1. The second kappa shape index (κ2) is 6.46. The van der Waals surface area contributed by atoms with Gasteiger partial charge in [0.05, 0.1) is 17.6 Å². The Balaban J connectivity index is 1.38. The summed E-state index contributed by atoms with van der Waals surface area (Å²) in [6.45, 7) is 1.72. The third-order valence-electron chi connectivity index (χ3n) is 4.54. The molecule has 0 atom stereocenters. The topological polar surface area (TPSA) is 103 Å². The van der Waals surface area contributed by atoms with Crippen molar-refractivity contribution in [2.45, 2.75) is 12.8 Å². The highest BCUT2D eigenvalue weighted by atomic mass is 16.7. The summed E-state index contributed by atoms with van der Waals surface area (Å²) in [5.74, 6) is 1.97. The lowest BCUT2D eigenvalue weighted by Gasteiger charge is -2.31. The molecule has 1 aromatic carbocycles. The summed E-state index contributed by atoms with van der Waals surface area (Å²) in [7, 11) is 0. The number of nitrogens with one attached hydrogen (secondary N) is 1. The van der Waals surface area contributed by atoms with Crippen LogP contribution >= 0.6 is 0 Å². The molecule has 1 fully saturated rings. The molecule has 2 aliphatic rings. The van der Waals surface area contributed by atoms with Crippen LogP contribution in [0.25, 0.3) is 0 Å². The van der Waals surface area contributed by atoms with Gasteiger partial charge < -0.3 is 25.4 Å². The minimum absolute atomic E-state index is 0.0237. The number of benzene rings is 1. The van der Waals surface area contributed by atoms with Crippen molar-refractivity contribution >= 4 is 23.1 Å². The van der Waals surface area contributed by atoms with Crippen LogP contribution in [0.4, 0.5) is 17.2 Å². The number of carbonyl (C=O) groups excluding carboxylic acids is 1. The number of aromatic nitrogens is 2. The van der Waals surface area contributed by atoms with Crippen LogP contribution in [0.15, 0.2) is 30.7 Å². The van der Waals surface area contributed by atoms with Gasteiger partial charge in [-0.05, 0) is 12.8 Å². The maximum Gasteiger partial charge on any atom is 0.231 e. The molecule has 0 bridgehead atoms. The molecule has 1 aromatic heterocycles. The second-order valence-corrected chi connectivity index (χ2v) is 6.11. The van der Waals surface area contributed by atoms with E-state index in [1.807, 2.05) is 0 Å². The van der Waals surface area contributed by atoms with Gasteiger partial charge in [-0.3, -0.25) is 9.78 Å². The fraction of sp³-hybridized carbons (Fsp3) is 0.353. The summed E-state index contributed by atoms with van der Waals surface area (Å²) >= 11 is 0. The molecule has 0 aliphatic carbocycles. The average Bonchev–Trinajstić information content (AvgIpc) is 3.10. The lowest BCUT2D eigenvalue weighted by atomic mass is 9.95. The average molecular weight is 341 g/mol. The molecule has 2 aromatic rings. The Hall–Kier alpha value is -3.03. The first-order valence-electron chi connectivity index (χ1n) is 8.21.